The van der Waals surface area contributed by atoms with E-state index in [4.69, 9.17) is 5.11 Å². The third-order valence-electron chi connectivity index (χ3n) is 9.32. The van der Waals surface area contributed by atoms with Crippen LogP contribution in [0.15, 0.2) is 24.8 Å². The molecule has 0 radical (unpaired) electrons. The topological polar surface area (TPSA) is 448 Å². The molecule has 0 bridgehead atoms. The van der Waals surface area contributed by atoms with Crippen LogP contribution in [0.2, 0.25) is 0 Å². The number of carbonyl (C=O) groups is 12. The van der Waals surface area contributed by atoms with Crippen LogP contribution in [0.1, 0.15) is 56.6 Å². The number of imidazole rings is 2. The van der Waals surface area contributed by atoms with Gasteiger partial charge in [-0.05, 0) is 38.6 Å². The molecular formula is C37H50N10O20. The first-order valence-electron chi connectivity index (χ1n) is 19.9. The second-order valence-electron chi connectivity index (χ2n) is 14.6. The van der Waals surface area contributed by atoms with Gasteiger partial charge in [-0.25, -0.2) is 29.1 Å². The summed E-state index contributed by atoms with van der Waals surface area (Å²) in [7, 11) is 0. The van der Waals surface area contributed by atoms with Crippen molar-refractivity contribution in [3.05, 3.63) is 36.4 Å². The van der Waals surface area contributed by atoms with E-state index in [-0.39, 0.29) is 50.5 Å². The molecule has 3 unspecified atom stereocenters. The first-order valence-corrected chi connectivity index (χ1v) is 19.9. The van der Waals surface area contributed by atoms with Crippen LogP contribution in [0.5, 0.6) is 0 Å². The fourth-order valence-corrected chi connectivity index (χ4v) is 6.12. The number of aromatic nitrogens is 4. The first-order chi connectivity index (χ1) is 31.4. The maximum Gasteiger partial charge on any atom is 0.326 e. The fourth-order valence-electron chi connectivity index (χ4n) is 6.12. The van der Waals surface area contributed by atoms with E-state index in [2.05, 4.69) is 15.3 Å². The zero-order valence-corrected chi connectivity index (χ0v) is 35.5. The van der Waals surface area contributed by atoms with Crippen molar-refractivity contribution in [2.24, 2.45) is 0 Å². The van der Waals surface area contributed by atoms with Crippen molar-refractivity contribution < 1.29 is 98.4 Å². The van der Waals surface area contributed by atoms with Gasteiger partial charge < -0.3 is 75.7 Å². The lowest BCUT2D eigenvalue weighted by atomic mass is 10.1. The molecule has 2 rings (SSSR count). The minimum Gasteiger partial charge on any atom is -0.481 e. The average molecular weight is 955 g/mol. The molecule has 0 saturated carbocycles. The predicted octanol–water partition coefficient (Wildman–Crippen LogP) is -3.33. The number of carbonyl (C=O) groups excluding carboxylic acids is 4. The van der Waals surface area contributed by atoms with Crippen LogP contribution < -0.4 is 16.0 Å². The molecule has 2 heterocycles. The van der Waals surface area contributed by atoms with Crippen molar-refractivity contribution >= 4 is 71.5 Å². The van der Waals surface area contributed by atoms with Gasteiger partial charge in [-0.1, -0.05) is 0 Å². The van der Waals surface area contributed by atoms with Gasteiger partial charge in [-0.3, -0.25) is 43.3 Å². The van der Waals surface area contributed by atoms with Crippen LogP contribution in [0, 0.1) is 0 Å². The van der Waals surface area contributed by atoms with Crippen LogP contribution in [-0.2, 0) is 78.9 Å². The van der Waals surface area contributed by atoms with Crippen LogP contribution in [0.3, 0.4) is 0 Å². The number of urea groups is 1. The Kier molecular flexibility index (Phi) is 22.3. The highest BCUT2D eigenvalue weighted by Gasteiger charge is 2.28. The lowest BCUT2D eigenvalue weighted by Crippen LogP contribution is -2.51. The van der Waals surface area contributed by atoms with Gasteiger partial charge in [0.1, 0.15) is 69.0 Å². The van der Waals surface area contributed by atoms with E-state index in [0.29, 0.717) is 9.80 Å². The number of unbranched alkanes of at least 4 members (excludes halogenated alkanes) is 1. The van der Waals surface area contributed by atoms with Crippen molar-refractivity contribution in [1.82, 2.24) is 49.8 Å². The summed E-state index contributed by atoms with van der Waals surface area (Å²) in [5.41, 5.74) is 0. The summed E-state index contributed by atoms with van der Waals surface area (Å²) in [5, 5.41) is 80.4. The summed E-state index contributed by atoms with van der Waals surface area (Å²) in [6.45, 7) is -4.82. The largest absolute Gasteiger partial charge is 0.481 e. The third kappa shape index (κ3) is 20.9. The number of nitrogens with one attached hydrogen (secondary N) is 3. The quantitative estimate of drug-likeness (QED) is 0.0312. The summed E-state index contributed by atoms with van der Waals surface area (Å²) in [6.07, 6.45) is 3.15. The van der Waals surface area contributed by atoms with Gasteiger partial charge in [0.05, 0.1) is 13.1 Å². The minimum absolute atomic E-state index is 0.0989. The molecular weight excluding hydrogens is 904 g/mol. The van der Waals surface area contributed by atoms with Gasteiger partial charge in [0, 0.05) is 37.6 Å². The fraction of sp³-hybridized carbons (Fsp3) is 0.514. The van der Waals surface area contributed by atoms with E-state index in [1.54, 1.807) is 4.90 Å². The summed E-state index contributed by atoms with van der Waals surface area (Å²) >= 11 is 0. The summed E-state index contributed by atoms with van der Waals surface area (Å²) in [5.74, 6) is -14.2. The number of hydrogen-bond acceptors (Lipinski definition) is 15. The molecule has 2 aromatic heterocycles. The summed E-state index contributed by atoms with van der Waals surface area (Å²) in [4.78, 5) is 154. The Morgan fingerprint density at radius 2 is 0.896 bits per heavy atom. The molecule has 368 valence electrons. The van der Waals surface area contributed by atoms with Gasteiger partial charge in [-0.2, -0.15) is 0 Å². The average Bonchev–Trinajstić information content (AvgIpc) is 3.85. The number of nitrogens with zero attached hydrogens (tertiary/aromatic N) is 7. The van der Waals surface area contributed by atoms with Gasteiger partial charge in [0.2, 0.25) is 17.7 Å². The molecule has 0 spiro atoms. The number of carboxylic acid groups (broad SMARTS) is 8. The molecule has 0 fully saturated rings. The van der Waals surface area contributed by atoms with E-state index in [1.165, 1.54) is 33.9 Å². The Morgan fingerprint density at radius 3 is 1.27 bits per heavy atom. The van der Waals surface area contributed by atoms with E-state index in [9.17, 15) is 93.3 Å². The lowest BCUT2D eigenvalue weighted by molar-refractivity contribution is -0.150. The van der Waals surface area contributed by atoms with Crippen molar-refractivity contribution in [2.75, 3.05) is 32.7 Å². The molecule has 0 saturated heterocycles. The molecule has 30 heteroatoms. The van der Waals surface area contributed by atoms with Crippen LogP contribution >= 0.6 is 0 Å². The van der Waals surface area contributed by atoms with Gasteiger partial charge in [0.15, 0.2) is 0 Å². The molecule has 11 N–H and O–H groups in total. The summed E-state index contributed by atoms with van der Waals surface area (Å²) in [6, 6.07) is -6.22. The smallest absolute Gasteiger partial charge is 0.326 e. The van der Waals surface area contributed by atoms with Crippen LogP contribution in [0.4, 0.5) is 4.79 Å². The molecule has 0 aliphatic heterocycles. The molecule has 0 aromatic carbocycles. The highest BCUT2D eigenvalue weighted by Crippen LogP contribution is 2.14. The Balaban J connectivity index is 2.22. The van der Waals surface area contributed by atoms with Crippen molar-refractivity contribution in [3.8, 4) is 0 Å². The Bertz CT molecular complexity index is 2020. The highest BCUT2D eigenvalue weighted by atomic mass is 16.4. The van der Waals surface area contributed by atoms with Crippen molar-refractivity contribution in [1.29, 1.82) is 0 Å². The zero-order chi connectivity index (χ0) is 50.4. The Morgan fingerprint density at radius 1 is 0.507 bits per heavy atom. The Labute approximate surface area is 377 Å². The van der Waals surface area contributed by atoms with Gasteiger partial charge in [-0.15, -0.1) is 0 Å². The second kappa shape index (κ2) is 27.2. The third-order valence-corrected chi connectivity index (χ3v) is 9.32. The van der Waals surface area contributed by atoms with E-state index >= 15 is 0 Å². The van der Waals surface area contributed by atoms with Crippen molar-refractivity contribution in [2.45, 2.75) is 89.3 Å². The maximum absolute atomic E-state index is 13.0. The highest BCUT2D eigenvalue weighted by molar-refractivity contribution is 5.88. The monoisotopic (exact) mass is 954 g/mol. The van der Waals surface area contributed by atoms with E-state index in [0.717, 1.165) is 0 Å². The van der Waals surface area contributed by atoms with Gasteiger partial charge >= 0.3 is 53.8 Å². The predicted molar refractivity (Wildman–Crippen MR) is 216 cm³/mol. The number of rotatable bonds is 33. The molecule has 3 atom stereocenters. The molecule has 67 heavy (non-hydrogen) atoms. The number of hydrogen-bond donors (Lipinski definition) is 11. The van der Waals surface area contributed by atoms with Crippen LogP contribution in [0.25, 0.3) is 0 Å². The van der Waals surface area contributed by atoms with Crippen LogP contribution in [-0.4, -0.2) is 197 Å². The van der Waals surface area contributed by atoms with E-state index in [1.807, 2.05) is 10.6 Å². The SMILES string of the molecule is O=C(O)CCC(NC(=O)NC(CCC(=O)NC(CCCCN(Cc1nccn1CC(=O)N(CC(=O)O)CC(=O)O)Cc1nccn1CC(=O)N(CC(=O)O)CC(=O)O)C(=O)O)C(=O)O)C(=O)O. The van der Waals surface area contributed by atoms with Crippen molar-refractivity contribution in [3.63, 3.8) is 0 Å². The number of carboxylic acids is 8. The second-order valence-corrected chi connectivity index (χ2v) is 14.6. The molecule has 0 aliphatic rings. The summed E-state index contributed by atoms with van der Waals surface area (Å²) < 4.78 is 2.64. The molecule has 5 amide bonds. The number of aliphatic carboxylic acids is 8. The maximum atomic E-state index is 13.0. The number of amides is 5. The zero-order valence-electron chi connectivity index (χ0n) is 35.5. The molecule has 0 aliphatic carbocycles. The van der Waals surface area contributed by atoms with E-state index < -0.39 is 155 Å². The lowest BCUT2D eigenvalue weighted by Gasteiger charge is -2.24. The molecule has 2 aromatic rings. The van der Waals surface area contributed by atoms with Gasteiger partial charge in [0.25, 0.3) is 0 Å². The standard InChI is InChI=1S/C37H50N10O20/c48-26(6-4-22(35(63)64)41-37(67)42-23(36(65)66)5-7-29(51)52)40-21(34(61)62)3-1-2-10-43(13-24-38-8-11-44(24)15-27(49)46(17-30(53)54)18-31(55)56)14-25-39-9-12-45(25)16-28(50)47(19-32(57)58)20-33(59)60/h8-9,11-12,21-23H,1-7,10,13-20H2,(H,40,48)(H,51,52)(H,53,54)(H,55,56)(H,57,58)(H,59,60)(H,61,62)(H,63,64)(H,65,66)(H2,41,42,67). The minimum atomic E-state index is -1.75. The molecule has 30 nitrogen and oxygen atoms in total. The first kappa shape index (κ1) is 55.0. The normalized spacial score (nSPS) is 12.2. The Hall–Kier alpha value is -8.18.